The zero-order valence-electron chi connectivity index (χ0n) is 15.9. The maximum atomic E-state index is 12.6. The van der Waals surface area contributed by atoms with Gasteiger partial charge in [0.15, 0.2) is 0 Å². The average molecular weight is 379 g/mol. The van der Waals surface area contributed by atoms with Gasteiger partial charge in [0.05, 0.1) is 18.3 Å². The minimum absolute atomic E-state index is 0.128. The van der Waals surface area contributed by atoms with E-state index < -0.39 is 5.54 Å². The molecule has 142 valence electrons. The molecule has 0 atom stereocenters. The van der Waals surface area contributed by atoms with Gasteiger partial charge in [-0.15, -0.1) is 0 Å². The summed E-state index contributed by atoms with van der Waals surface area (Å²) in [4.78, 5) is 12.6. The van der Waals surface area contributed by atoms with E-state index in [1.54, 1.807) is 0 Å². The third kappa shape index (κ3) is 5.58. The lowest BCUT2D eigenvalue weighted by Gasteiger charge is -2.21. The lowest BCUT2D eigenvalue weighted by Crippen LogP contribution is -2.36. The van der Waals surface area contributed by atoms with Crippen molar-refractivity contribution in [3.8, 4) is 5.75 Å². The summed E-state index contributed by atoms with van der Waals surface area (Å²) in [5, 5.41) is 4.32. The van der Waals surface area contributed by atoms with Gasteiger partial charge in [-0.2, -0.15) is 5.10 Å². The maximum absolute atomic E-state index is 12.6. The van der Waals surface area contributed by atoms with Crippen LogP contribution in [0.4, 0.5) is 0 Å². The minimum atomic E-state index is -0.445. The van der Waals surface area contributed by atoms with E-state index in [0.29, 0.717) is 6.61 Å². The Hall–Kier alpha value is -1.85. The van der Waals surface area contributed by atoms with Crippen LogP contribution >= 0.6 is 11.6 Å². The topological polar surface area (TPSA) is 53.4 Å². The van der Waals surface area contributed by atoms with Crippen molar-refractivity contribution in [2.24, 2.45) is 0 Å². The lowest BCUT2D eigenvalue weighted by molar-refractivity contribution is 0.118. The van der Waals surface area contributed by atoms with E-state index in [2.05, 4.69) is 12.0 Å². The highest BCUT2D eigenvalue weighted by Crippen LogP contribution is 2.21. The molecule has 0 radical (unpaired) electrons. The highest BCUT2D eigenvalue weighted by Gasteiger charge is 2.20. The molecule has 6 heteroatoms. The summed E-state index contributed by atoms with van der Waals surface area (Å²) in [6.45, 7) is 9.50. The number of unbranched alkanes of at least 4 members (excludes halogenated alkanes) is 1. The predicted molar refractivity (Wildman–Crippen MR) is 104 cm³/mol. The molecule has 0 saturated carbocycles. The van der Waals surface area contributed by atoms with Crippen LogP contribution in [0.2, 0.25) is 5.02 Å². The van der Waals surface area contributed by atoms with E-state index in [9.17, 15) is 4.79 Å². The normalized spacial score (nSPS) is 11.6. The Kier molecular flexibility index (Phi) is 7.23. The van der Waals surface area contributed by atoms with Crippen molar-refractivity contribution >= 4 is 11.6 Å². The van der Waals surface area contributed by atoms with Crippen LogP contribution in [0.5, 0.6) is 5.75 Å². The van der Waals surface area contributed by atoms with E-state index in [1.165, 1.54) is 10.9 Å². The van der Waals surface area contributed by atoms with E-state index in [0.717, 1.165) is 30.6 Å². The van der Waals surface area contributed by atoms with Crippen molar-refractivity contribution < 1.29 is 9.47 Å². The molecule has 0 saturated heterocycles. The van der Waals surface area contributed by atoms with E-state index in [1.807, 2.05) is 45.0 Å². The molecule has 0 amide bonds. The Balaban J connectivity index is 2.02. The summed E-state index contributed by atoms with van der Waals surface area (Å²) >= 11 is 6.11. The van der Waals surface area contributed by atoms with Gasteiger partial charge in [-0.1, -0.05) is 49.2 Å². The SMILES string of the molecule is CCCCOCc1ccc(COc2c(Cl)cnn(C(C)(C)C)c2=O)cc1. The average Bonchev–Trinajstić information content (AvgIpc) is 2.58. The molecular weight excluding hydrogens is 352 g/mol. The Bertz CT molecular complexity index is 764. The number of hydrogen-bond donors (Lipinski definition) is 0. The van der Waals surface area contributed by atoms with Crippen LogP contribution in [0.15, 0.2) is 35.3 Å². The molecule has 0 spiro atoms. The number of ether oxygens (including phenoxy) is 2. The molecule has 1 heterocycles. The van der Waals surface area contributed by atoms with Gasteiger partial charge in [0.2, 0.25) is 5.75 Å². The smallest absolute Gasteiger partial charge is 0.311 e. The lowest BCUT2D eigenvalue weighted by atomic mass is 10.1. The van der Waals surface area contributed by atoms with Crippen LogP contribution in [-0.2, 0) is 23.5 Å². The van der Waals surface area contributed by atoms with Crippen LogP contribution < -0.4 is 10.3 Å². The van der Waals surface area contributed by atoms with Crippen LogP contribution in [0, 0.1) is 0 Å². The summed E-state index contributed by atoms with van der Waals surface area (Å²) < 4.78 is 12.7. The van der Waals surface area contributed by atoms with Gasteiger partial charge in [0.1, 0.15) is 11.6 Å². The molecule has 1 aromatic carbocycles. The summed E-state index contributed by atoms with van der Waals surface area (Å²) in [5.41, 5.74) is 1.30. The number of aromatic nitrogens is 2. The third-order valence-electron chi connectivity index (χ3n) is 3.84. The maximum Gasteiger partial charge on any atom is 0.311 e. The highest BCUT2D eigenvalue weighted by atomic mass is 35.5. The molecule has 0 fully saturated rings. The molecule has 0 aliphatic carbocycles. The number of halogens is 1. The zero-order chi connectivity index (χ0) is 19.2. The van der Waals surface area contributed by atoms with Gasteiger partial charge in [-0.05, 0) is 38.3 Å². The standard InChI is InChI=1S/C20H27ClN2O3/c1-5-6-11-25-13-15-7-9-16(10-8-15)14-26-18-17(21)12-22-23(19(18)24)20(2,3)4/h7-10,12H,5-6,11,13-14H2,1-4H3. The number of rotatable bonds is 8. The first-order valence-corrected chi connectivity index (χ1v) is 9.27. The van der Waals surface area contributed by atoms with Crippen molar-refractivity contribution in [3.63, 3.8) is 0 Å². The summed E-state index contributed by atoms with van der Waals surface area (Å²) in [7, 11) is 0. The first kappa shape index (κ1) is 20.5. The van der Waals surface area contributed by atoms with Gasteiger partial charge >= 0.3 is 5.56 Å². The Labute approximate surface area is 159 Å². The van der Waals surface area contributed by atoms with Crippen molar-refractivity contribution in [2.45, 2.75) is 59.3 Å². The summed E-state index contributed by atoms with van der Waals surface area (Å²) in [5.74, 6) is 0.128. The Morgan fingerprint density at radius 2 is 1.73 bits per heavy atom. The van der Waals surface area contributed by atoms with Gasteiger partial charge in [-0.25, -0.2) is 4.68 Å². The van der Waals surface area contributed by atoms with Gasteiger partial charge < -0.3 is 9.47 Å². The van der Waals surface area contributed by atoms with Crippen LogP contribution in [0.3, 0.4) is 0 Å². The first-order valence-electron chi connectivity index (χ1n) is 8.89. The molecule has 26 heavy (non-hydrogen) atoms. The van der Waals surface area contributed by atoms with Crippen molar-refractivity contribution in [2.75, 3.05) is 6.61 Å². The first-order chi connectivity index (χ1) is 12.3. The fourth-order valence-electron chi connectivity index (χ4n) is 2.35. The van der Waals surface area contributed by atoms with Crippen molar-refractivity contribution in [1.82, 2.24) is 9.78 Å². The Morgan fingerprint density at radius 1 is 1.12 bits per heavy atom. The number of benzene rings is 1. The van der Waals surface area contributed by atoms with E-state index in [4.69, 9.17) is 21.1 Å². The molecule has 0 aliphatic rings. The molecule has 0 bridgehead atoms. The number of hydrogen-bond acceptors (Lipinski definition) is 4. The fourth-order valence-corrected chi connectivity index (χ4v) is 2.53. The minimum Gasteiger partial charge on any atom is -0.482 e. The molecular formula is C20H27ClN2O3. The second-order valence-corrected chi connectivity index (χ2v) is 7.63. The Morgan fingerprint density at radius 3 is 2.31 bits per heavy atom. The summed E-state index contributed by atoms with van der Waals surface area (Å²) in [6.07, 6.45) is 3.65. The fraction of sp³-hybridized carbons (Fsp3) is 0.500. The molecule has 2 aromatic rings. The van der Waals surface area contributed by atoms with Crippen molar-refractivity contribution in [3.05, 3.63) is 57.0 Å². The van der Waals surface area contributed by atoms with Crippen molar-refractivity contribution in [1.29, 1.82) is 0 Å². The molecule has 1 aromatic heterocycles. The predicted octanol–water partition coefficient (Wildman–Crippen LogP) is 4.55. The molecule has 0 aliphatic heterocycles. The second kappa shape index (κ2) is 9.19. The molecule has 0 N–H and O–H groups in total. The quantitative estimate of drug-likeness (QED) is 0.632. The van der Waals surface area contributed by atoms with Gasteiger partial charge in [0, 0.05) is 6.61 Å². The highest BCUT2D eigenvalue weighted by molar-refractivity contribution is 6.31. The zero-order valence-corrected chi connectivity index (χ0v) is 16.7. The van der Waals surface area contributed by atoms with Crippen LogP contribution in [0.25, 0.3) is 0 Å². The molecule has 2 rings (SSSR count). The molecule has 0 unspecified atom stereocenters. The molecule has 5 nitrogen and oxygen atoms in total. The van der Waals surface area contributed by atoms with Crippen LogP contribution in [-0.4, -0.2) is 16.4 Å². The third-order valence-corrected chi connectivity index (χ3v) is 4.11. The monoisotopic (exact) mass is 378 g/mol. The van der Waals surface area contributed by atoms with E-state index in [-0.39, 0.29) is 22.9 Å². The summed E-state index contributed by atoms with van der Waals surface area (Å²) in [6, 6.07) is 7.95. The van der Waals surface area contributed by atoms with Gasteiger partial charge in [0.25, 0.3) is 0 Å². The second-order valence-electron chi connectivity index (χ2n) is 7.22. The largest absolute Gasteiger partial charge is 0.482 e. The number of nitrogens with zero attached hydrogens (tertiary/aromatic N) is 2. The van der Waals surface area contributed by atoms with Gasteiger partial charge in [-0.3, -0.25) is 4.79 Å². The van der Waals surface area contributed by atoms with E-state index >= 15 is 0 Å². The van der Waals surface area contributed by atoms with Crippen LogP contribution in [0.1, 0.15) is 51.7 Å².